The van der Waals surface area contributed by atoms with E-state index in [0.717, 1.165) is 4.31 Å². The quantitative estimate of drug-likeness (QED) is 0.781. The van der Waals surface area contributed by atoms with Crippen LogP contribution in [0.25, 0.3) is 0 Å². The molecule has 0 radical (unpaired) electrons. The highest BCUT2D eigenvalue weighted by molar-refractivity contribution is 7.89. The minimum atomic E-state index is -3.84. The molecule has 0 heterocycles. The minimum Gasteiger partial charge on any atom is -0.325 e. The maximum absolute atomic E-state index is 12.5. The van der Waals surface area contributed by atoms with E-state index in [9.17, 15) is 18.0 Å². The molecular formula is C17H17ClN2O4S. The Balaban J connectivity index is 2.08. The second kappa shape index (κ2) is 7.77. The summed E-state index contributed by atoms with van der Waals surface area (Å²) in [5, 5.41) is 3.05. The van der Waals surface area contributed by atoms with Gasteiger partial charge in [-0.25, -0.2) is 8.42 Å². The fourth-order valence-electron chi connectivity index (χ4n) is 2.10. The highest BCUT2D eigenvalue weighted by Gasteiger charge is 2.23. The van der Waals surface area contributed by atoms with Gasteiger partial charge in [0, 0.05) is 23.3 Å². The molecule has 1 amide bonds. The molecule has 0 spiro atoms. The molecule has 1 N–H and O–H groups in total. The van der Waals surface area contributed by atoms with Crippen molar-refractivity contribution < 1.29 is 18.0 Å². The third-order valence-electron chi connectivity index (χ3n) is 3.44. The van der Waals surface area contributed by atoms with E-state index in [0.29, 0.717) is 16.3 Å². The van der Waals surface area contributed by atoms with E-state index in [1.165, 1.54) is 38.2 Å². The number of carbonyl (C=O) groups is 2. The summed E-state index contributed by atoms with van der Waals surface area (Å²) in [6, 6.07) is 12.1. The van der Waals surface area contributed by atoms with Crippen LogP contribution in [0, 0.1) is 0 Å². The number of halogens is 1. The van der Waals surface area contributed by atoms with Crippen molar-refractivity contribution in [3.63, 3.8) is 0 Å². The van der Waals surface area contributed by atoms with E-state index in [2.05, 4.69) is 5.32 Å². The van der Waals surface area contributed by atoms with Gasteiger partial charge in [-0.15, -0.1) is 0 Å². The van der Waals surface area contributed by atoms with Gasteiger partial charge in [-0.05, 0) is 37.3 Å². The van der Waals surface area contributed by atoms with Crippen molar-refractivity contribution in [3.05, 3.63) is 59.1 Å². The topological polar surface area (TPSA) is 83.6 Å². The zero-order valence-corrected chi connectivity index (χ0v) is 15.3. The van der Waals surface area contributed by atoms with Gasteiger partial charge in [-0.2, -0.15) is 4.31 Å². The number of sulfonamides is 1. The molecule has 2 rings (SSSR count). The van der Waals surface area contributed by atoms with Gasteiger partial charge in [-0.1, -0.05) is 29.8 Å². The zero-order valence-electron chi connectivity index (χ0n) is 13.7. The molecule has 2 aromatic rings. The third kappa shape index (κ3) is 4.88. The molecule has 0 atom stereocenters. The first kappa shape index (κ1) is 19.1. The Kier molecular flexibility index (Phi) is 5.94. The summed E-state index contributed by atoms with van der Waals surface area (Å²) in [7, 11) is -2.53. The van der Waals surface area contributed by atoms with E-state index in [4.69, 9.17) is 11.6 Å². The predicted octanol–water partition coefficient (Wildman–Crippen LogP) is 2.80. The molecule has 0 aliphatic rings. The van der Waals surface area contributed by atoms with Crippen LogP contribution in [0.4, 0.5) is 5.69 Å². The zero-order chi connectivity index (χ0) is 18.6. The molecule has 0 bridgehead atoms. The summed E-state index contributed by atoms with van der Waals surface area (Å²) in [6.45, 7) is 1.04. The third-order valence-corrected chi connectivity index (χ3v) is 5.50. The van der Waals surface area contributed by atoms with E-state index in [1.54, 1.807) is 24.3 Å². The summed E-state index contributed by atoms with van der Waals surface area (Å²) >= 11 is 5.84. The summed E-state index contributed by atoms with van der Waals surface area (Å²) in [5.74, 6) is -0.646. The maximum Gasteiger partial charge on any atom is 0.243 e. The van der Waals surface area contributed by atoms with Crippen molar-refractivity contribution in [2.75, 3.05) is 18.9 Å². The summed E-state index contributed by atoms with van der Waals surface area (Å²) in [4.78, 5) is 23.3. The number of hydrogen-bond donors (Lipinski definition) is 1. The Bertz CT molecular complexity index is 895. The van der Waals surface area contributed by atoms with E-state index >= 15 is 0 Å². The minimum absolute atomic E-state index is 0.00977. The molecule has 0 aromatic heterocycles. The number of benzene rings is 2. The number of ketones is 1. The van der Waals surface area contributed by atoms with Crippen LogP contribution < -0.4 is 5.32 Å². The lowest BCUT2D eigenvalue weighted by molar-refractivity contribution is -0.116. The van der Waals surface area contributed by atoms with Crippen LogP contribution in [0.1, 0.15) is 17.3 Å². The predicted molar refractivity (Wildman–Crippen MR) is 96.3 cm³/mol. The average molecular weight is 381 g/mol. The van der Waals surface area contributed by atoms with Gasteiger partial charge in [0.05, 0.1) is 11.4 Å². The molecule has 6 nitrogen and oxygen atoms in total. The van der Waals surface area contributed by atoms with Gasteiger partial charge < -0.3 is 5.32 Å². The molecular weight excluding hydrogens is 364 g/mol. The molecule has 0 saturated carbocycles. The van der Waals surface area contributed by atoms with Gasteiger partial charge in [-0.3, -0.25) is 9.59 Å². The number of amides is 1. The van der Waals surface area contributed by atoms with Crippen molar-refractivity contribution in [3.8, 4) is 0 Å². The van der Waals surface area contributed by atoms with E-state index in [1.807, 2.05) is 0 Å². The number of anilines is 1. The largest absolute Gasteiger partial charge is 0.325 e. The normalized spacial score (nSPS) is 11.4. The first-order valence-corrected chi connectivity index (χ1v) is 9.15. The fraction of sp³-hybridized carbons (Fsp3) is 0.176. The highest BCUT2D eigenvalue weighted by atomic mass is 35.5. The molecule has 25 heavy (non-hydrogen) atoms. The standard InChI is InChI=1S/C17H17ClN2O4S/c1-12(21)13-6-8-16(9-7-13)25(23,24)20(2)11-17(22)19-15-5-3-4-14(18)10-15/h3-10H,11H2,1-2H3,(H,19,22). The van der Waals surface area contributed by atoms with Crippen LogP contribution in [-0.2, 0) is 14.8 Å². The van der Waals surface area contributed by atoms with Crippen molar-refractivity contribution in [2.24, 2.45) is 0 Å². The van der Waals surface area contributed by atoms with Crippen LogP contribution in [0.3, 0.4) is 0 Å². The molecule has 8 heteroatoms. The van der Waals surface area contributed by atoms with Crippen LogP contribution >= 0.6 is 11.6 Å². The Hall–Kier alpha value is -2.22. The first-order chi connectivity index (χ1) is 11.7. The average Bonchev–Trinajstić information content (AvgIpc) is 2.54. The van der Waals surface area contributed by atoms with Crippen LogP contribution in [0.2, 0.25) is 5.02 Å². The van der Waals surface area contributed by atoms with Crippen molar-refractivity contribution in [2.45, 2.75) is 11.8 Å². The number of nitrogens with one attached hydrogen (secondary N) is 1. The lowest BCUT2D eigenvalue weighted by atomic mass is 10.2. The molecule has 0 saturated heterocycles. The molecule has 0 aliphatic heterocycles. The Morgan fingerprint density at radius 1 is 1.12 bits per heavy atom. The second-order valence-corrected chi connectivity index (χ2v) is 7.88. The van der Waals surface area contributed by atoms with Crippen LogP contribution in [0.15, 0.2) is 53.4 Å². The smallest absolute Gasteiger partial charge is 0.243 e. The maximum atomic E-state index is 12.5. The molecule has 0 aliphatic carbocycles. The lowest BCUT2D eigenvalue weighted by Crippen LogP contribution is -2.35. The van der Waals surface area contributed by atoms with Gasteiger partial charge in [0.1, 0.15) is 0 Å². The summed E-state index contributed by atoms with van der Waals surface area (Å²) in [5.41, 5.74) is 0.898. The van der Waals surface area contributed by atoms with Crippen molar-refractivity contribution in [1.29, 1.82) is 0 Å². The first-order valence-electron chi connectivity index (χ1n) is 7.33. The van der Waals surface area contributed by atoms with E-state index in [-0.39, 0.29) is 17.2 Å². The van der Waals surface area contributed by atoms with E-state index < -0.39 is 15.9 Å². The number of Topliss-reactive ketones (excluding diaryl/α,β-unsaturated/α-hetero) is 1. The molecule has 2 aromatic carbocycles. The second-order valence-electron chi connectivity index (χ2n) is 5.40. The van der Waals surface area contributed by atoms with Gasteiger partial charge in [0.25, 0.3) is 0 Å². The summed E-state index contributed by atoms with van der Waals surface area (Å²) in [6.07, 6.45) is 0. The number of nitrogens with zero attached hydrogens (tertiary/aromatic N) is 1. The van der Waals surface area contributed by atoms with Crippen LogP contribution in [0.5, 0.6) is 0 Å². The fourth-order valence-corrected chi connectivity index (χ4v) is 3.41. The highest BCUT2D eigenvalue weighted by Crippen LogP contribution is 2.17. The van der Waals surface area contributed by atoms with Gasteiger partial charge in [0.15, 0.2) is 5.78 Å². The SMILES string of the molecule is CC(=O)c1ccc(S(=O)(=O)N(C)CC(=O)Nc2cccc(Cl)c2)cc1. The number of hydrogen-bond acceptors (Lipinski definition) is 4. The lowest BCUT2D eigenvalue weighted by Gasteiger charge is -2.17. The number of likely N-dealkylation sites (N-methyl/N-ethyl adjacent to an activating group) is 1. The molecule has 132 valence electrons. The summed E-state index contributed by atoms with van der Waals surface area (Å²) < 4.78 is 25.9. The van der Waals surface area contributed by atoms with Crippen LogP contribution in [-0.4, -0.2) is 38.0 Å². The Morgan fingerprint density at radius 2 is 1.76 bits per heavy atom. The Labute approximate surface area is 151 Å². The van der Waals surface area contributed by atoms with Crippen molar-refractivity contribution >= 4 is 39.0 Å². The number of carbonyl (C=O) groups excluding carboxylic acids is 2. The molecule has 0 fully saturated rings. The Morgan fingerprint density at radius 3 is 2.32 bits per heavy atom. The van der Waals surface area contributed by atoms with Crippen molar-refractivity contribution in [1.82, 2.24) is 4.31 Å². The van der Waals surface area contributed by atoms with Gasteiger partial charge in [0.2, 0.25) is 15.9 Å². The monoisotopic (exact) mass is 380 g/mol. The molecule has 0 unspecified atom stereocenters. The van der Waals surface area contributed by atoms with Gasteiger partial charge >= 0.3 is 0 Å². The number of rotatable bonds is 6.